The standard InChI is InChI=1S/C12H20O2/c1-8-10-6-9(11(8,2)3)7-12(10)13-4-5-14-12/h8-10H,4-7H2,1-3H3/t8-,9-,10-/m1/s1. The van der Waals surface area contributed by atoms with Crippen LogP contribution in [0.2, 0.25) is 0 Å². The predicted molar refractivity (Wildman–Crippen MR) is 53.8 cm³/mol. The summed E-state index contributed by atoms with van der Waals surface area (Å²) in [6.45, 7) is 8.79. The number of rotatable bonds is 0. The second kappa shape index (κ2) is 2.53. The van der Waals surface area contributed by atoms with Crippen LogP contribution < -0.4 is 0 Å². The monoisotopic (exact) mass is 196 g/mol. The van der Waals surface area contributed by atoms with E-state index in [-0.39, 0.29) is 5.79 Å². The lowest BCUT2D eigenvalue weighted by Gasteiger charge is -2.44. The Hall–Kier alpha value is -0.0800. The number of fused-ring (bicyclic) bond motifs is 3. The summed E-state index contributed by atoms with van der Waals surface area (Å²) < 4.78 is 11.8. The zero-order valence-corrected chi connectivity index (χ0v) is 9.38. The summed E-state index contributed by atoms with van der Waals surface area (Å²) in [5, 5.41) is 0. The number of hydrogen-bond acceptors (Lipinski definition) is 2. The van der Waals surface area contributed by atoms with Crippen molar-refractivity contribution >= 4 is 0 Å². The molecule has 2 heteroatoms. The van der Waals surface area contributed by atoms with Gasteiger partial charge >= 0.3 is 0 Å². The quantitative estimate of drug-likeness (QED) is 0.592. The maximum atomic E-state index is 5.88. The second-order valence-electron chi connectivity index (χ2n) is 5.86. The van der Waals surface area contributed by atoms with E-state index in [0.29, 0.717) is 11.3 Å². The molecule has 2 saturated carbocycles. The Kier molecular flexibility index (Phi) is 1.66. The Labute approximate surface area is 86.0 Å². The predicted octanol–water partition coefficient (Wildman–Crippen LogP) is 2.43. The Morgan fingerprint density at radius 1 is 1.14 bits per heavy atom. The lowest BCUT2D eigenvalue weighted by Crippen LogP contribution is -2.45. The van der Waals surface area contributed by atoms with Gasteiger partial charge in [0.25, 0.3) is 0 Å². The van der Waals surface area contributed by atoms with Gasteiger partial charge in [-0.15, -0.1) is 0 Å². The van der Waals surface area contributed by atoms with Crippen molar-refractivity contribution in [3.63, 3.8) is 0 Å². The molecule has 14 heavy (non-hydrogen) atoms. The molecule has 3 aliphatic rings. The Balaban J connectivity index is 1.92. The van der Waals surface area contributed by atoms with Crippen molar-refractivity contribution in [1.29, 1.82) is 0 Å². The van der Waals surface area contributed by atoms with Crippen LogP contribution in [-0.2, 0) is 9.47 Å². The van der Waals surface area contributed by atoms with Crippen molar-refractivity contribution in [3.05, 3.63) is 0 Å². The van der Waals surface area contributed by atoms with Gasteiger partial charge < -0.3 is 9.47 Å². The summed E-state index contributed by atoms with van der Waals surface area (Å²) in [6, 6.07) is 0. The molecule has 0 N–H and O–H groups in total. The molecule has 0 aromatic rings. The normalized spacial score (nSPS) is 47.8. The van der Waals surface area contributed by atoms with Crippen LogP contribution in [0.4, 0.5) is 0 Å². The van der Waals surface area contributed by atoms with Crippen LogP contribution in [0.5, 0.6) is 0 Å². The zero-order valence-electron chi connectivity index (χ0n) is 9.38. The van der Waals surface area contributed by atoms with Gasteiger partial charge in [0.1, 0.15) is 0 Å². The lowest BCUT2D eigenvalue weighted by atomic mass is 9.67. The van der Waals surface area contributed by atoms with Crippen molar-refractivity contribution < 1.29 is 9.47 Å². The van der Waals surface area contributed by atoms with E-state index in [1.807, 2.05) is 0 Å². The van der Waals surface area contributed by atoms with Crippen LogP contribution in [-0.4, -0.2) is 19.0 Å². The van der Waals surface area contributed by atoms with Gasteiger partial charge in [-0.2, -0.15) is 0 Å². The molecule has 0 aromatic carbocycles. The van der Waals surface area contributed by atoms with Crippen molar-refractivity contribution in [2.75, 3.05) is 13.2 Å². The van der Waals surface area contributed by atoms with E-state index in [0.717, 1.165) is 31.5 Å². The third-order valence-corrected chi connectivity index (χ3v) is 5.24. The molecule has 2 bridgehead atoms. The molecular weight excluding hydrogens is 176 g/mol. The fourth-order valence-corrected chi connectivity index (χ4v) is 3.91. The van der Waals surface area contributed by atoms with E-state index in [9.17, 15) is 0 Å². The first-order valence-electron chi connectivity index (χ1n) is 5.84. The first-order valence-corrected chi connectivity index (χ1v) is 5.84. The van der Waals surface area contributed by atoms with Crippen molar-refractivity contribution in [2.45, 2.75) is 39.4 Å². The first kappa shape index (κ1) is 9.17. The smallest absolute Gasteiger partial charge is 0.171 e. The molecule has 3 rings (SSSR count). The van der Waals surface area contributed by atoms with E-state index in [1.165, 1.54) is 6.42 Å². The molecule has 3 fully saturated rings. The molecule has 0 aromatic heterocycles. The largest absolute Gasteiger partial charge is 0.347 e. The lowest BCUT2D eigenvalue weighted by molar-refractivity contribution is -0.214. The van der Waals surface area contributed by atoms with Crippen LogP contribution in [0.15, 0.2) is 0 Å². The molecule has 1 spiro atoms. The minimum absolute atomic E-state index is 0.167. The molecule has 1 heterocycles. The Bertz CT molecular complexity index is 249. The molecule has 0 unspecified atom stereocenters. The minimum atomic E-state index is -0.167. The molecule has 3 atom stereocenters. The van der Waals surface area contributed by atoms with Gasteiger partial charge in [0.15, 0.2) is 5.79 Å². The van der Waals surface area contributed by atoms with Gasteiger partial charge in [-0.25, -0.2) is 0 Å². The van der Waals surface area contributed by atoms with Gasteiger partial charge in [0.05, 0.1) is 13.2 Å². The maximum Gasteiger partial charge on any atom is 0.171 e. The van der Waals surface area contributed by atoms with Gasteiger partial charge in [0.2, 0.25) is 0 Å². The molecule has 2 nitrogen and oxygen atoms in total. The minimum Gasteiger partial charge on any atom is -0.347 e. The fourth-order valence-electron chi connectivity index (χ4n) is 3.91. The van der Waals surface area contributed by atoms with Crippen LogP contribution in [0.1, 0.15) is 33.6 Å². The summed E-state index contributed by atoms with van der Waals surface area (Å²) >= 11 is 0. The summed E-state index contributed by atoms with van der Waals surface area (Å²) in [6.07, 6.45) is 2.45. The van der Waals surface area contributed by atoms with E-state index in [2.05, 4.69) is 20.8 Å². The van der Waals surface area contributed by atoms with E-state index < -0.39 is 0 Å². The zero-order chi connectivity index (χ0) is 9.97. The topological polar surface area (TPSA) is 18.5 Å². The van der Waals surface area contributed by atoms with Gasteiger partial charge in [0, 0.05) is 12.3 Å². The van der Waals surface area contributed by atoms with Crippen molar-refractivity contribution in [3.8, 4) is 0 Å². The third-order valence-electron chi connectivity index (χ3n) is 5.24. The average molecular weight is 196 g/mol. The highest BCUT2D eigenvalue weighted by molar-refractivity contribution is 5.09. The molecular formula is C12H20O2. The van der Waals surface area contributed by atoms with Crippen molar-refractivity contribution in [1.82, 2.24) is 0 Å². The number of ether oxygens (including phenoxy) is 2. The fraction of sp³-hybridized carbons (Fsp3) is 1.00. The summed E-state index contributed by atoms with van der Waals surface area (Å²) in [7, 11) is 0. The molecule has 0 radical (unpaired) electrons. The maximum absolute atomic E-state index is 5.88. The van der Waals surface area contributed by atoms with Crippen LogP contribution in [0, 0.1) is 23.2 Å². The highest BCUT2D eigenvalue weighted by Crippen LogP contribution is 2.64. The summed E-state index contributed by atoms with van der Waals surface area (Å²) in [4.78, 5) is 0. The molecule has 2 aliphatic carbocycles. The van der Waals surface area contributed by atoms with Gasteiger partial charge in [-0.05, 0) is 23.7 Å². The second-order valence-corrected chi connectivity index (χ2v) is 5.86. The SMILES string of the molecule is C[C@@H]1[C@H]2C[C@H](CC23OCCO3)C1(C)C. The third kappa shape index (κ3) is 0.892. The highest BCUT2D eigenvalue weighted by Gasteiger charge is 2.64. The van der Waals surface area contributed by atoms with Gasteiger partial charge in [-0.3, -0.25) is 0 Å². The molecule has 80 valence electrons. The summed E-state index contributed by atoms with van der Waals surface area (Å²) in [5.41, 5.74) is 0.491. The molecule has 0 amide bonds. The Morgan fingerprint density at radius 2 is 1.79 bits per heavy atom. The molecule has 1 saturated heterocycles. The molecule has 1 aliphatic heterocycles. The van der Waals surface area contributed by atoms with E-state index >= 15 is 0 Å². The average Bonchev–Trinajstić information content (AvgIpc) is 2.77. The first-order chi connectivity index (χ1) is 6.56. The van der Waals surface area contributed by atoms with Crippen LogP contribution in [0.25, 0.3) is 0 Å². The van der Waals surface area contributed by atoms with Gasteiger partial charge in [-0.1, -0.05) is 20.8 Å². The van der Waals surface area contributed by atoms with Crippen molar-refractivity contribution in [2.24, 2.45) is 23.2 Å². The van der Waals surface area contributed by atoms with E-state index in [4.69, 9.17) is 9.47 Å². The highest BCUT2D eigenvalue weighted by atomic mass is 16.7. The number of hydrogen-bond donors (Lipinski definition) is 0. The Morgan fingerprint density at radius 3 is 2.29 bits per heavy atom. The van der Waals surface area contributed by atoms with E-state index in [1.54, 1.807) is 0 Å². The summed E-state index contributed by atoms with van der Waals surface area (Å²) in [5.74, 6) is 2.02. The van der Waals surface area contributed by atoms with Crippen LogP contribution >= 0.6 is 0 Å². The van der Waals surface area contributed by atoms with Crippen LogP contribution in [0.3, 0.4) is 0 Å².